The lowest BCUT2D eigenvalue weighted by Gasteiger charge is -2.21. The molecule has 0 bridgehead atoms. The molecular weight excluding hydrogens is 248 g/mol. The van der Waals surface area contributed by atoms with Crippen LogP contribution in [0.1, 0.15) is 26.7 Å². The third-order valence-electron chi connectivity index (χ3n) is 2.76. The zero-order valence-corrected chi connectivity index (χ0v) is 11.7. The molecule has 0 aromatic rings. The number of aliphatic carboxylic acids is 1. The molecule has 0 aromatic heterocycles. The summed E-state index contributed by atoms with van der Waals surface area (Å²) in [7, 11) is 0. The van der Waals surface area contributed by atoms with Crippen LogP contribution in [-0.4, -0.2) is 54.9 Å². The first-order chi connectivity index (χ1) is 8.99. The van der Waals surface area contributed by atoms with Gasteiger partial charge in [-0.15, -0.1) is 0 Å². The van der Waals surface area contributed by atoms with Gasteiger partial charge in [0.2, 0.25) is 0 Å². The molecule has 0 spiro atoms. The van der Waals surface area contributed by atoms with Crippen LogP contribution >= 0.6 is 0 Å². The Bertz CT molecular complexity index is 303. The number of nitrogens with one attached hydrogen (secondary N) is 1. The highest BCUT2D eigenvalue weighted by molar-refractivity contribution is 5.80. The number of carbonyl (C=O) groups is 2. The SMILES string of the molecule is CC(C)COCCNC(=O)N(CC(=O)O)CC1CC1. The lowest BCUT2D eigenvalue weighted by Crippen LogP contribution is -2.44. The van der Waals surface area contributed by atoms with Gasteiger partial charge in [-0.1, -0.05) is 13.8 Å². The highest BCUT2D eigenvalue weighted by atomic mass is 16.5. The van der Waals surface area contributed by atoms with Gasteiger partial charge in [0.1, 0.15) is 6.54 Å². The lowest BCUT2D eigenvalue weighted by atomic mass is 10.2. The maximum atomic E-state index is 11.8. The van der Waals surface area contributed by atoms with E-state index in [1.807, 2.05) is 0 Å². The molecule has 1 saturated carbocycles. The molecule has 1 aliphatic carbocycles. The van der Waals surface area contributed by atoms with Gasteiger partial charge in [-0.2, -0.15) is 0 Å². The molecule has 2 amide bonds. The summed E-state index contributed by atoms with van der Waals surface area (Å²) in [6.07, 6.45) is 2.17. The van der Waals surface area contributed by atoms with Crippen molar-refractivity contribution in [2.75, 3.05) is 32.8 Å². The van der Waals surface area contributed by atoms with Crippen molar-refractivity contribution in [1.29, 1.82) is 0 Å². The Morgan fingerprint density at radius 2 is 2.11 bits per heavy atom. The molecule has 0 saturated heterocycles. The van der Waals surface area contributed by atoms with Crippen molar-refractivity contribution in [3.05, 3.63) is 0 Å². The Morgan fingerprint density at radius 3 is 2.63 bits per heavy atom. The molecular formula is C13H24N2O4. The van der Waals surface area contributed by atoms with E-state index >= 15 is 0 Å². The smallest absolute Gasteiger partial charge is 0.323 e. The minimum Gasteiger partial charge on any atom is -0.480 e. The first kappa shape index (κ1) is 15.8. The van der Waals surface area contributed by atoms with Gasteiger partial charge < -0.3 is 20.1 Å². The first-order valence-electron chi connectivity index (χ1n) is 6.81. The van der Waals surface area contributed by atoms with Gasteiger partial charge >= 0.3 is 12.0 Å². The summed E-state index contributed by atoms with van der Waals surface area (Å²) in [6, 6.07) is -0.317. The summed E-state index contributed by atoms with van der Waals surface area (Å²) < 4.78 is 5.35. The Balaban J connectivity index is 2.20. The van der Waals surface area contributed by atoms with Crippen molar-refractivity contribution in [2.45, 2.75) is 26.7 Å². The molecule has 2 N–H and O–H groups in total. The van der Waals surface area contributed by atoms with Crippen LogP contribution in [0.5, 0.6) is 0 Å². The van der Waals surface area contributed by atoms with Crippen molar-refractivity contribution < 1.29 is 19.4 Å². The average Bonchev–Trinajstić information content (AvgIpc) is 3.10. The third-order valence-corrected chi connectivity index (χ3v) is 2.76. The van der Waals surface area contributed by atoms with Crippen LogP contribution < -0.4 is 5.32 Å². The van der Waals surface area contributed by atoms with Gasteiger partial charge in [-0.05, 0) is 24.7 Å². The van der Waals surface area contributed by atoms with Crippen molar-refractivity contribution in [2.24, 2.45) is 11.8 Å². The number of carbonyl (C=O) groups excluding carboxylic acids is 1. The molecule has 0 unspecified atom stereocenters. The topological polar surface area (TPSA) is 78.9 Å². The van der Waals surface area contributed by atoms with Crippen molar-refractivity contribution >= 4 is 12.0 Å². The molecule has 110 valence electrons. The maximum Gasteiger partial charge on any atom is 0.323 e. The summed E-state index contributed by atoms with van der Waals surface area (Å²) in [5.41, 5.74) is 0. The Labute approximate surface area is 114 Å². The number of amides is 2. The number of carboxylic acids is 1. The normalized spacial score (nSPS) is 14.5. The fourth-order valence-electron chi connectivity index (χ4n) is 1.66. The number of rotatable bonds is 9. The standard InChI is InChI=1S/C13H24N2O4/c1-10(2)9-19-6-5-14-13(18)15(8-12(16)17)7-11-3-4-11/h10-11H,3-9H2,1-2H3,(H,14,18)(H,16,17). The molecule has 0 atom stereocenters. The van der Waals surface area contributed by atoms with Crippen LogP contribution in [0.4, 0.5) is 4.79 Å². The summed E-state index contributed by atoms with van der Waals surface area (Å²) in [5, 5.41) is 11.5. The molecule has 19 heavy (non-hydrogen) atoms. The van der Waals surface area contributed by atoms with Crippen LogP contribution in [0.25, 0.3) is 0 Å². The van der Waals surface area contributed by atoms with Crippen LogP contribution in [0, 0.1) is 11.8 Å². The molecule has 1 aliphatic rings. The van der Waals surface area contributed by atoms with E-state index in [1.165, 1.54) is 4.90 Å². The van der Waals surface area contributed by atoms with Gasteiger partial charge in [-0.25, -0.2) is 4.79 Å². The minimum absolute atomic E-state index is 0.241. The minimum atomic E-state index is -0.980. The second kappa shape index (κ2) is 7.99. The zero-order valence-electron chi connectivity index (χ0n) is 11.7. The summed E-state index contributed by atoms with van der Waals surface area (Å²) in [6.45, 7) is 5.93. The van der Waals surface area contributed by atoms with E-state index in [0.717, 1.165) is 12.8 Å². The predicted octanol–water partition coefficient (Wildman–Crippen LogP) is 1.17. The predicted molar refractivity (Wildman–Crippen MR) is 71.0 cm³/mol. The number of carboxylic acid groups (broad SMARTS) is 1. The fourth-order valence-corrected chi connectivity index (χ4v) is 1.66. The maximum absolute atomic E-state index is 11.8. The second-order valence-electron chi connectivity index (χ2n) is 5.42. The van der Waals surface area contributed by atoms with E-state index in [2.05, 4.69) is 19.2 Å². The average molecular weight is 272 g/mol. The first-order valence-corrected chi connectivity index (χ1v) is 6.81. The van der Waals surface area contributed by atoms with Crippen molar-refractivity contribution in [3.63, 3.8) is 0 Å². The number of ether oxygens (including phenoxy) is 1. The molecule has 0 radical (unpaired) electrons. The quantitative estimate of drug-likeness (QED) is 0.617. The molecule has 0 heterocycles. The number of hydrogen-bond acceptors (Lipinski definition) is 3. The van der Waals surface area contributed by atoms with Gasteiger partial charge in [0, 0.05) is 19.7 Å². The summed E-state index contributed by atoms with van der Waals surface area (Å²) in [5.74, 6) is -0.0387. The molecule has 1 rings (SSSR count). The molecule has 0 aliphatic heterocycles. The summed E-state index contributed by atoms with van der Waals surface area (Å²) in [4.78, 5) is 23.9. The van der Waals surface area contributed by atoms with E-state index in [0.29, 0.717) is 38.1 Å². The van der Waals surface area contributed by atoms with Gasteiger partial charge in [0.15, 0.2) is 0 Å². The van der Waals surface area contributed by atoms with Gasteiger partial charge in [0.05, 0.1) is 6.61 Å². The van der Waals surface area contributed by atoms with E-state index in [4.69, 9.17) is 9.84 Å². The Kier molecular flexibility index (Phi) is 6.62. The summed E-state index contributed by atoms with van der Waals surface area (Å²) >= 11 is 0. The van der Waals surface area contributed by atoms with Crippen LogP contribution in [0.3, 0.4) is 0 Å². The molecule has 6 heteroatoms. The molecule has 0 aromatic carbocycles. The largest absolute Gasteiger partial charge is 0.480 e. The van der Waals surface area contributed by atoms with E-state index in [1.54, 1.807) is 0 Å². The second-order valence-corrected chi connectivity index (χ2v) is 5.42. The Hall–Kier alpha value is -1.30. The molecule has 1 fully saturated rings. The Morgan fingerprint density at radius 1 is 1.42 bits per heavy atom. The third kappa shape index (κ3) is 7.66. The van der Waals surface area contributed by atoms with Gasteiger partial charge in [0.25, 0.3) is 0 Å². The number of urea groups is 1. The molecule has 6 nitrogen and oxygen atoms in total. The van der Waals surface area contributed by atoms with E-state index in [-0.39, 0.29) is 12.6 Å². The zero-order chi connectivity index (χ0) is 14.3. The van der Waals surface area contributed by atoms with Crippen LogP contribution in [0.15, 0.2) is 0 Å². The highest BCUT2D eigenvalue weighted by Crippen LogP contribution is 2.29. The van der Waals surface area contributed by atoms with E-state index < -0.39 is 5.97 Å². The van der Waals surface area contributed by atoms with Crippen molar-refractivity contribution in [1.82, 2.24) is 10.2 Å². The van der Waals surface area contributed by atoms with Gasteiger partial charge in [-0.3, -0.25) is 4.79 Å². The number of nitrogens with zero attached hydrogens (tertiary/aromatic N) is 1. The lowest BCUT2D eigenvalue weighted by molar-refractivity contribution is -0.137. The van der Waals surface area contributed by atoms with Crippen LogP contribution in [-0.2, 0) is 9.53 Å². The monoisotopic (exact) mass is 272 g/mol. The highest BCUT2D eigenvalue weighted by Gasteiger charge is 2.27. The number of hydrogen-bond donors (Lipinski definition) is 2. The van der Waals surface area contributed by atoms with E-state index in [9.17, 15) is 9.59 Å². The fraction of sp³-hybridized carbons (Fsp3) is 0.846. The van der Waals surface area contributed by atoms with Crippen LogP contribution in [0.2, 0.25) is 0 Å². The van der Waals surface area contributed by atoms with Crippen molar-refractivity contribution in [3.8, 4) is 0 Å².